The molecule has 4 nitrogen and oxygen atoms in total. The highest BCUT2D eigenvalue weighted by molar-refractivity contribution is 5.91. The Bertz CT molecular complexity index is 907. The Morgan fingerprint density at radius 1 is 1.07 bits per heavy atom. The van der Waals surface area contributed by atoms with Crippen molar-refractivity contribution in [2.45, 2.75) is 52.6 Å². The molecule has 2 aliphatic rings. The number of amides is 2. The van der Waals surface area contributed by atoms with Crippen LogP contribution in [0.4, 0.5) is 0 Å². The van der Waals surface area contributed by atoms with E-state index < -0.39 is 6.04 Å². The summed E-state index contributed by atoms with van der Waals surface area (Å²) in [6, 6.07) is 11.8. The summed E-state index contributed by atoms with van der Waals surface area (Å²) in [5.41, 5.74) is 6.90. The molecule has 1 N–H and O–H groups in total. The highest BCUT2D eigenvalue weighted by Gasteiger charge is 2.41. The fourth-order valence-corrected chi connectivity index (χ4v) is 4.41. The second kappa shape index (κ2) is 7.42. The third-order valence-corrected chi connectivity index (χ3v) is 6.02. The number of rotatable bonds is 4. The molecule has 0 aromatic heterocycles. The Hall–Kier alpha value is -2.62. The molecule has 2 amide bonds. The van der Waals surface area contributed by atoms with Crippen LogP contribution in [0, 0.1) is 26.7 Å². The van der Waals surface area contributed by atoms with Gasteiger partial charge >= 0.3 is 0 Å². The average Bonchev–Trinajstić information content (AvgIpc) is 3.50. The van der Waals surface area contributed by atoms with Crippen molar-refractivity contribution in [2.24, 2.45) is 5.92 Å². The van der Waals surface area contributed by atoms with E-state index in [-0.39, 0.29) is 17.7 Å². The number of benzene rings is 2. The van der Waals surface area contributed by atoms with E-state index in [0.717, 1.165) is 30.4 Å². The summed E-state index contributed by atoms with van der Waals surface area (Å²) in [6.07, 6.45) is 2.72. The highest BCUT2D eigenvalue weighted by atomic mass is 16.2. The summed E-state index contributed by atoms with van der Waals surface area (Å²) >= 11 is 0. The van der Waals surface area contributed by atoms with E-state index in [1.165, 1.54) is 22.3 Å². The van der Waals surface area contributed by atoms with Crippen LogP contribution in [0.1, 0.15) is 52.3 Å². The number of hydrogen-bond donors (Lipinski definition) is 1. The average molecular weight is 377 g/mol. The van der Waals surface area contributed by atoms with Crippen molar-refractivity contribution in [1.82, 2.24) is 10.2 Å². The zero-order valence-corrected chi connectivity index (χ0v) is 16.9. The van der Waals surface area contributed by atoms with Gasteiger partial charge in [0.1, 0.15) is 6.04 Å². The zero-order valence-electron chi connectivity index (χ0n) is 16.9. The van der Waals surface area contributed by atoms with Gasteiger partial charge in [-0.25, -0.2) is 0 Å². The Kier molecular flexibility index (Phi) is 4.96. The van der Waals surface area contributed by atoms with Gasteiger partial charge in [0.15, 0.2) is 0 Å². The molecule has 1 unspecified atom stereocenters. The minimum absolute atomic E-state index is 0.0828. The number of nitrogens with one attached hydrogen (secondary N) is 1. The molecule has 146 valence electrons. The van der Waals surface area contributed by atoms with Crippen LogP contribution in [0.25, 0.3) is 0 Å². The quantitative estimate of drug-likeness (QED) is 0.883. The predicted octanol–water partition coefficient (Wildman–Crippen LogP) is 3.76. The first kappa shape index (κ1) is 18.7. The van der Waals surface area contributed by atoms with Crippen LogP contribution in [-0.2, 0) is 22.6 Å². The van der Waals surface area contributed by atoms with E-state index in [9.17, 15) is 9.59 Å². The van der Waals surface area contributed by atoms with Gasteiger partial charge in [-0.2, -0.15) is 0 Å². The van der Waals surface area contributed by atoms with Gasteiger partial charge in [-0.05, 0) is 67.9 Å². The largest absolute Gasteiger partial charge is 0.350 e. The Morgan fingerprint density at radius 3 is 2.43 bits per heavy atom. The Balaban J connectivity index is 1.59. The van der Waals surface area contributed by atoms with E-state index in [2.05, 4.69) is 44.3 Å². The molecule has 0 saturated heterocycles. The lowest BCUT2D eigenvalue weighted by Gasteiger charge is -2.36. The zero-order chi connectivity index (χ0) is 19.8. The molecule has 0 bridgehead atoms. The summed E-state index contributed by atoms with van der Waals surface area (Å²) in [4.78, 5) is 27.9. The molecule has 4 heteroatoms. The number of hydrogen-bond acceptors (Lipinski definition) is 2. The highest BCUT2D eigenvalue weighted by Crippen LogP contribution is 2.37. The smallest absolute Gasteiger partial charge is 0.247 e. The number of carbonyl (C=O) groups is 2. The minimum Gasteiger partial charge on any atom is -0.350 e. The molecular formula is C24H28N2O2. The van der Waals surface area contributed by atoms with E-state index >= 15 is 0 Å². The Morgan fingerprint density at radius 2 is 1.75 bits per heavy atom. The molecule has 1 saturated carbocycles. The maximum Gasteiger partial charge on any atom is 0.247 e. The van der Waals surface area contributed by atoms with Gasteiger partial charge in [0.05, 0.1) is 0 Å². The molecule has 0 spiro atoms. The third-order valence-electron chi connectivity index (χ3n) is 6.02. The molecule has 0 radical (unpaired) electrons. The standard InChI is InChI=1S/C24H28N2O2/c1-15-12-16(2)21(17(3)13-15)14-25-23(27)22-20-7-5-4-6-18(20)10-11-26(22)24(28)19-8-9-19/h4-7,12-13,19,22H,8-11,14H2,1-3H3,(H,25,27). The van der Waals surface area contributed by atoms with E-state index in [0.29, 0.717) is 13.1 Å². The van der Waals surface area contributed by atoms with Crippen molar-refractivity contribution in [3.63, 3.8) is 0 Å². The van der Waals surface area contributed by atoms with Crippen LogP contribution in [0.3, 0.4) is 0 Å². The first-order chi connectivity index (χ1) is 13.5. The summed E-state index contributed by atoms with van der Waals surface area (Å²) in [5.74, 6) is 0.167. The first-order valence-electron chi connectivity index (χ1n) is 10.2. The van der Waals surface area contributed by atoms with Crippen molar-refractivity contribution < 1.29 is 9.59 Å². The van der Waals surface area contributed by atoms with E-state index in [1.54, 1.807) is 0 Å². The lowest BCUT2D eigenvalue weighted by molar-refractivity contribution is -0.142. The van der Waals surface area contributed by atoms with Gasteiger partial charge < -0.3 is 10.2 Å². The topological polar surface area (TPSA) is 49.4 Å². The van der Waals surface area contributed by atoms with Crippen LogP contribution in [0.15, 0.2) is 36.4 Å². The van der Waals surface area contributed by atoms with Gasteiger partial charge in [-0.3, -0.25) is 9.59 Å². The second-order valence-corrected chi connectivity index (χ2v) is 8.25. The molecule has 1 atom stereocenters. The van der Waals surface area contributed by atoms with Crippen LogP contribution >= 0.6 is 0 Å². The normalized spacial score (nSPS) is 18.5. The Labute approximate surface area is 166 Å². The maximum absolute atomic E-state index is 13.3. The van der Waals surface area contributed by atoms with E-state index in [1.807, 2.05) is 23.1 Å². The fourth-order valence-electron chi connectivity index (χ4n) is 4.41. The van der Waals surface area contributed by atoms with Crippen molar-refractivity contribution in [3.05, 3.63) is 69.8 Å². The van der Waals surface area contributed by atoms with Crippen molar-refractivity contribution >= 4 is 11.8 Å². The molecular weight excluding hydrogens is 348 g/mol. The van der Waals surface area contributed by atoms with Crippen molar-refractivity contribution in [3.8, 4) is 0 Å². The second-order valence-electron chi connectivity index (χ2n) is 8.25. The van der Waals surface area contributed by atoms with Gasteiger partial charge in [-0.15, -0.1) is 0 Å². The molecule has 4 rings (SSSR count). The fraction of sp³-hybridized carbons (Fsp3) is 0.417. The van der Waals surface area contributed by atoms with Gasteiger partial charge in [0.2, 0.25) is 11.8 Å². The summed E-state index contributed by atoms with van der Waals surface area (Å²) in [5, 5.41) is 3.12. The lowest BCUT2D eigenvalue weighted by atomic mass is 9.91. The van der Waals surface area contributed by atoms with Crippen molar-refractivity contribution in [1.29, 1.82) is 0 Å². The summed E-state index contributed by atoms with van der Waals surface area (Å²) in [7, 11) is 0. The number of carbonyl (C=O) groups excluding carboxylic acids is 2. The van der Waals surface area contributed by atoms with Crippen molar-refractivity contribution in [2.75, 3.05) is 6.54 Å². The lowest BCUT2D eigenvalue weighted by Crippen LogP contribution is -2.47. The summed E-state index contributed by atoms with van der Waals surface area (Å²) in [6.45, 7) is 7.36. The number of fused-ring (bicyclic) bond motifs is 1. The molecule has 1 aliphatic heterocycles. The number of nitrogens with zero attached hydrogens (tertiary/aromatic N) is 1. The summed E-state index contributed by atoms with van der Waals surface area (Å²) < 4.78 is 0. The molecule has 1 heterocycles. The van der Waals surface area contributed by atoms with Gasteiger partial charge in [0, 0.05) is 19.0 Å². The minimum atomic E-state index is -0.524. The molecule has 2 aromatic rings. The van der Waals surface area contributed by atoms with Crippen LogP contribution in [0.5, 0.6) is 0 Å². The predicted molar refractivity (Wildman–Crippen MR) is 110 cm³/mol. The van der Waals surface area contributed by atoms with Crippen LogP contribution < -0.4 is 5.32 Å². The molecule has 2 aromatic carbocycles. The first-order valence-corrected chi connectivity index (χ1v) is 10.2. The van der Waals surface area contributed by atoms with Crippen LogP contribution in [0.2, 0.25) is 0 Å². The number of aryl methyl sites for hydroxylation is 3. The maximum atomic E-state index is 13.3. The molecule has 1 fully saturated rings. The van der Waals surface area contributed by atoms with Crippen LogP contribution in [-0.4, -0.2) is 23.3 Å². The third kappa shape index (κ3) is 3.56. The van der Waals surface area contributed by atoms with Gasteiger partial charge in [-0.1, -0.05) is 42.0 Å². The molecule has 28 heavy (non-hydrogen) atoms. The van der Waals surface area contributed by atoms with E-state index in [4.69, 9.17) is 0 Å². The van der Waals surface area contributed by atoms with Gasteiger partial charge in [0.25, 0.3) is 0 Å². The SMILES string of the molecule is Cc1cc(C)c(CNC(=O)C2c3ccccc3CCN2C(=O)C2CC2)c(C)c1. The monoisotopic (exact) mass is 376 g/mol. The molecule has 1 aliphatic carbocycles.